The Morgan fingerprint density at radius 1 is 1.35 bits per heavy atom. The summed E-state index contributed by atoms with van der Waals surface area (Å²) in [7, 11) is 0. The van der Waals surface area contributed by atoms with Gasteiger partial charge in [0.05, 0.1) is 0 Å². The van der Waals surface area contributed by atoms with Gasteiger partial charge in [0.1, 0.15) is 5.71 Å². The summed E-state index contributed by atoms with van der Waals surface area (Å²) in [6, 6.07) is 8.01. The molecular weight excluding hydrogens is 254 g/mol. The van der Waals surface area contributed by atoms with Crippen LogP contribution in [0.3, 0.4) is 0 Å². The number of carbonyl (C=O) groups excluding carboxylic acids is 2. The van der Waals surface area contributed by atoms with Crippen molar-refractivity contribution in [2.45, 2.75) is 33.2 Å². The number of benzene rings is 1. The van der Waals surface area contributed by atoms with Crippen molar-refractivity contribution in [3.8, 4) is 0 Å². The lowest BCUT2D eigenvalue weighted by Crippen LogP contribution is -2.39. The van der Waals surface area contributed by atoms with E-state index in [1.807, 2.05) is 38.1 Å². The normalized spacial score (nSPS) is 14.5. The molecule has 0 radical (unpaired) electrons. The fourth-order valence-electron chi connectivity index (χ4n) is 2.13. The highest BCUT2D eigenvalue weighted by Crippen LogP contribution is 2.12. The van der Waals surface area contributed by atoms with Crippen LogP contribution in [0.15, 0.2) is 29.4 Å². The van der Waals surface area contributed by atoms with Crippen molar-refractivity contribution < 1.29 is 9.59 Å². The van der Waals surface area contributed by atoms with Crippen molar-refractivity contribution in [1.29, 1.82) is 0 Å². The molecule has 1 aromatic carbocycles. The number of nitrogens with one attached hydrogen (secondary N) is 1. The molecule has 2 amide bonds. The summed E-state index contributed by atoms with van der Waals surface area (Å²) in [6.45, 7) is 5.15. The first-order chi connectivity index (χ1) is 9.61. The summed E-state index contributed by atoms with van der Waals surface area (Å²) in [4.78, 5) is 25.2. The van der Waals surface area contributed by atoms with Gasteiger partial charge in [0.15, 0.2) is 0 Å². The molecule has 0 spiro atoms. The highest BCUT2D eigenvalue weighted by molar-refractivity contribution is 6.39. The lowest BCUT2D eigenvalue weighted by Gasteiger charge is -2.23. The quantitative estimate of drug-likeness (QED) is 0.906. The van der Waals surface area contributed by atoms with E-state index in [2.05, 4.69) is 10.5 Å². The van der Waals surface area contributed by atoms with Crippen LogP contribution in [-0.4, -0.2) is 29.0 Å². The first-order valence-corrected chi connectivity index (χ1v) is 6.81. The third-order valence-corrected chi connectivity index (χ3v) is 3.44. The van der Waals surface area contributed by atoms with Crippen LogP contribution in [0.5, 0.6) is 0 Å². The first-order valence-electron chi connectivity index (χ1n) is 6.81. The Morgan fingerprint density at radius 3 is 2.70 bits per heavy atom. The average molecular weight is 273 g/mol. The lowest BCUT2D eigenvalue weighted by molar-refractivity contribution is -0.125. The van der Waals surface area contributed by atoms with Gasteiger partial charge in [-0.3, -0.25) is 9.59 Å². The molecular formula is C15H19N3O2. The maximum atomic E-state index is 12.4. The topological polar surface area (TPSA) is 61.8 Å². The molecule has 1 heterocycles. The minimum absolute atomic E-state index is 0.101. The summed E-state index contributed by atoms with van der Waals surface area (Å²) in [6.07, 6.45) is 0.738. The van der Waals surface area contributed by atoms with E-state index in [4.69, 9.17) is 0 Å². The predicted molar refractivity (Wildman–Crippen MR) is 77.1 cm³/mol. The number of hydrogen-bond donors (Lipinski definition) is 1. The van der Waals surface area contributed by atoms with Gasteiger partial charge in [-0.25, -0.2) is 5.43 Å². The van der Waals surface area contributed by atoms with Crippen molar-refractivity contribution in [1.82, 2.24) is 10.3 Å². The van der Waals surface area contributed by atoms with E-state index in [1.54, 1.807) is 4.90 Å². The molecule has 1 N–H and O–H groups in total. The van der Waals surface area contributed by atoms with E-state index >= 15 is 0 Å². The van der Waals surface area contributed by atoms with Gasteiger partial charge < -0.3 is 4.90 Å². The molecule has 0 fully saturated rings. The molecule has 1 aliphatic heterocycles. The van der Waals surface area contributed by atoms with E-state index in [9.17, 15) is 9.59 Å². The zero-order valence-corrected chi connectivity index (χ0v) is 11.8. The van der Waals surface area contributed by atoms with E-state index in [0.717, 1.165) is 11.1 Å². The molecule has 1 aromatic rings. The van der Waals surface area contributed by atoms with Gasteiger partial charge in [0, 0.05) is 25.9 Å². The number of carbonyl (C=O) groups is 2. The van der Waals surface area contributed by atoms with Crippen LogP contribution in [-0.2, 0) is 16.1 Å². The third-order valence-electron chi connectivity index (χ3n) is 3.44. The summed E-state index contributed by atoms with van der Waals surface area (Å²) in [5.74, 6) is -0.237. The third kappa shape index (κ3) is 3.23. The van der Waals surface area contributed by atoms with E-state index < -0.39 is 0 Å². The Labute approximate surface area is 118 Å². The Kier molecular flexibility index (Phi) is 4.50. The van der Waals surface area contributed by atoms with Gasteiger partial charge in [0.25, 0.3) is 5.91 Å². The van der Waals surface area contributed by atoms with Crippen LogP contribution in [0.4, 0.5) is 0 Å². The van der Waals surface area contributed by atoms with Crippen molar-refractivity contribution in [2.75, 3.05) is 6.54 Å². The number of rotatable bonds is 4. The van der Waals surface area contributed by atoms with Crippen molar-refractivity contribution in [3.05, 3.63) is 35.4 Å². The lowest BCUT2D eigenvalue weighted by atomic mass is 10.1. The van der Waals surface area contributed by atoms with Crippen LogP contribution in [0.1, 0.15) is 30.9 Å². The monoisotopic (exact) mass is 273 g/mol. The van der Waals surface area contributed by atoms with Gasteiger partial charge in [-0.15, -0.1) is 0 Å². The number of hydrazone groups is 1. The second-order valence-corrected chi connectivity index (χ2v) is 4.84. The molecule has 0 saturated carbocycles. The van der Waals surface area contributed by atoms with Crippen molar-refractivity contribution >= 4 is 17.5 Å². The molecule has 0 aromatic heterocycles. The molecule has 0 unspecified atom stereocenters. The summed E-state index contributed by atoms with van der Waals surface area (Å²) in [5.41, 5.74) is 5.09. The second kappa shape index (κ2) is 6.32. The number of hydrogen-bond acceptors (Lipinski definition) is 3. The van der Waals surface area contributed by atoms with Crippen LogP contribution in [0, 0.1) is 6.92 Å². The van der Waals surface area contributed by atoms with Gasteiger partial charge in [-0.2, -0.15) is 5.10 Å². The van der Waals surface area contributed by atoms with Gasteiger partial charge in [0.2, 0.25) is 5.91 Å². The number of amides is 2. The van der Waals surface area contributed by atoms with Gasteiger partial charge in [-0.05, 0) is 25.0 Å². The second-order valence-electron chi connectivity index (χ2n) is 4.84. The minimum Gasteiger partial charge on any atom is -0.333 e. The number of aryl methyl sites for hydroxylation is 1. The molecule has 106 valence electrons. The van der Waals surface area contributed by atoms with Gasteiger partial charge >= 0.3 is 0 Å². The fourth-order valence-corrected chi connectivity index (χ4v) is 2.13. The number of nitrogens with zero attached hydrogens (tertiary/aromatic N) is 2. The molecule has 5 heteroatoms. The molecule has 0 saturated heterocycles. The smallest absolute Gasteiger partial charge is 0.270 e. The van der Waals surface area contributed by atoms with E-state index in [-0.39, 0.29) is 11.8 Å². The van der Waals surface area contributed by atoms with E-state index in [1.165, 1.54) is 0 Å². The minimum atomic E-state index is -0.136. The zero-order valence-electron chi connectivity index (χ0n) is 11.8. The molecule has 5 nitrogen and oxygen atoms in total. The van der Waals surface area contributed by atoms with Gasteiger partial charge in [-0.1, -0.05) is 24.3 Å². The van der Waals surface area contributed by atoms with Crippen molar-refractivity contribution in [3.63, 3.8) is 0 Å². The zero-order chi connectivity index (χ0) is 14.5. The van der Waals surface area contributed by atoms with Crippen LogP contribution < -0.4 is 5.43 Å². The van der Waals surface area contributed by atoms with E-state index in [0.29, 0.717) is 31.6 Å². The standard InChI is InChI=1S/C15H19N3O2/c1-3-18(10-12-7-5-4-6-11(12)2)15(20)13-8-9-14(19)17-16-13/h4-7H,3,8-10H2,1-2H3,(H,17,19). The average Bonchev–Trinajstić information content (AvgIpc) is 2.46. The summed E-state index contributed by atoms with van der Waals surface area (Å²) >= 11 is 0. The predicted octanol–water partition coefficient (Wildman–Crippen LogP) is 1.61. The Balaban J connectivity index is 2.10. The maximum absolute atomic E-state index is 12.4. The summed E-state index contributed by atoms with van der Waals surface area (Å²) in [5, 5.41) is 3.87. The molecule has 2 rings (SSSR count). The largest absolute Gasteiger partial charge is 0.333 e. The fraction of sp³-hybridized carbons (Fsp3) is 0.400. The molecule has 0 bridgehead atoms. The molecule has 0 aliphatic carbocycles. The Hall–Kier alpha value is -2.17. The highest BCUT2D eigenvalue weighted by atomic mass is 16.2. The highest BCUT2D eigenvalue weighted by Gasteiger charge is 2.23. The van der Waals surface area contributed by atoms with Crippen molar-refractivity contribution in [2.24, 2.45) is 5.10 Å². The van der Waals surface area contributed by atoms with Crippen LogP contribution >= 0.6 is 0 Å². The first kappa shape index (κ1) is 14.2. The molecule has 1 aliphatic rings. The molecule has 20 heavy (non-hydrogen) atoms. The summed E-state index contributed by atoms with van der Waals surface area (Å²) < 4.78 is 0. The van der Waals surface area contributed by atoms with Crippen LogP contribution in [0.25, 0.3) is 0 Å². The molecule has 0 atom stereocenters. The maximum Gasteiger partial charge on any atom is 0.270 e. The van der Waals surface area contributed by atoms with Crippen LogP contribution in [0.2, 0.25) is 0 Å². The Bertz CT molecular complexity index is 552. The Morgan fingerprint density at radius 2 is 2.10 bits per heavy atom. The SMILES string of the molecule is CCN(Cc1ccccc1C)C(=O)C1=NNC(=O)CC1.